The molecule has 1 aliphatic rings. The molecule has 2 heterocycles. The monoisotopic (exact) mass is 316 g/mol. The molecular weight excluding hydrogens is 295 g/mol. The zero-order valence-electron chi connectivity index (χ0n) is 13.0. The van der Waals surface area contributed by atoms with Crippen molar-refractivity contribution in [3.8, 4) is 0 Å². The summed E-state index contributed by atoms with van der Waals surface area (Å²) in [5, 5.41) is 9.65. The van der Waals surface area contributed by atoms with Crippen molar-refractivity contribution in [3.05, 3.63) is 53.6 Å². The lowest BCUT2D eigenvalue weighted by molar-refractivity contribution is -0.127. The van der Waals surface area contributed by atoms with Crippen LogP contribution in [0.25, 0.3) is 0 Å². The van der Waals surface area contributed by atoms with Crippen molar-refractivity contribution in [2.45, 2.75) is 25.9 Å². The summed E-state index contributed by atoms with van der Waals surface area (Å²) in [6.45, 7) is 2.81. The van der Waals surface area contributed by atoms with Gasteiger partial charge in [0.05, 0.1) is 18.2 Å². The average molecular weight is 316 g/mol. The molecule has 1 amide bonds. The number of H-pyrrole nitrogens is 1. The zero-order valence-corrected chi connectivity index (χ0v) is 13.0. The van der Waals surface area contributed by atoms with E-state index in [0.717, 1.165) is 30.6 Å². The maximum Gasteiger partial charge on any atom is 0.224 e. The number of carbonyl (C=O) groups is 1. The van der Waals surface area contributed by atoms with E-state index >= 15 is 0 Å². The molecule has 0 radical (unpaired) electrons. The first-order chi connectivity index (χ1) is 11.2. The number of halogens is 1. The van der Waals surface area contributed by atoms with Crippen LogP contribution in [0, 0.1) is 11.7 Å². The molecule has 5 nitrogen and oxygen atoms in total. The van der Waals surface area contributed by atoms with E-state index in [1.54, 1.807) is 18.3 Å². The molecule has 2 aromatic rings. The molecule has 122 valence electrons. The lowest BCUT2D eigenvalue weighted by Gasteiger charge is -2.32. The fourth-order valence-electron chi connectivity index (χ4n) is 3.02. The van der Waals surface area contributed by atoms with Crippen LogP contribution in [0.5, 0.6) is 0 Å². The third-order valence-electron chi connectivity index (χ3n) is 4.18. The van der Waals surface area contributed by atoms with Crippen molar-refractivity contribution in [1.82, 2.24) is 20.4 Å². The summed E-state index contributed by atoms with van der Waals surface area (Å²) in [7, 11) is 0. The second kappa shape index (κ2) is 7.37. The molecule has 1 aromatic heterocycles. The van der Waals surface area contributed by atoms with Crippen LogP contribution in [0.15, 0.2) is 36.5 Å². The highest BCUT2D eigenvalue weighted by molar-refractivity contribution is 5.78. The van der Waals surface area contributed by atoms with Crippen molar-refractivity contribution in [2.75, 3.05) is 13.1 Å². The second-order valence-corrected chi connectivity index (χ2v) is 6.00. The highest BCUT2D eigenvalue weighted by Gasteiger charge is 2.25. The number of carbonyl (C=O) groups excluding carboxylic acids is 1. The van der Waals surface area contributed by atoms with Gasteiger partial charge in [0.1, 0.15) is 5.82 Å². The summed E-state index contributed by atoms with van der Waals surface area (Å²) in [6.07, 6.45) is 3.55. The van der Waals surface area contributed by atoms with Gasteiger partial charge < -0.3 is 5.32 Å². The molecule has 0 aliphatic carbocycles. The summed E-state index contributed by atoms with van der Waals surface area (Å²) < 4.78 is 13.3. The summed E-state index contributed by atoms with van der Waals surface area (Å²) in [5.41, 5.74) is 1.84. The molecule has 0 unspecified atom stereocenters. The molecule has 0 saturated carbocycles. The molecule has 0 bridgehead atoms. The van der Waals surface area contributed by atoms with Gasteiger partial charge in [0.25, 0.3) is 0 Å². The Morgan fingerprint density at radius 2 is 2.35 bits per heavy atom. The predicted molar refractivity (Wildman–Crippen MR) is 84.8 cm³/mol. The minimum absolute atomic E-state index is 0.0137. The lowest BCUT2D eigenvalue weighted by Crippen LogP contribution is -2.42. The van der Waals surface area contributed by atoms with Crippen molar-refractivity contribution >= 4 is 5.91 Å². The minimum Gasteiger partial charge on any atom is -0.350 e. The number of aromatic nitrogens is 2. The smallest absolute Gasteiger partial charge is 0.224 e. The summed E-state index contributed by atoms with van der Waals surface area (Å²) >= 11 is 0. The summed E-state index contributed by atoms with van der Waals surface area (Å²) in [6, 6.07) is 8.50. The van der Waals surface area contributed by atoms with Crippen LogP contribution in [0.1, 0.15) is 24.1 Å². The number of piperidine rings is 1. The number of nitrogens with zero attached hydrogens (tertiary/aromatic N) is 2. The minimum atomic E-state index is -0.214. The van der Waals surface area contributed by atoms with E-state index in [0.29, 0.717) is 19.6 Å². The van der Waals surface area contributed by atoms with Crippen LogP contribution in [0.3, 0.4) is 0 Å². The Labute approximate surface area is 134 Å². The number of rotatable bonds is 5. The Morgan fingerprint density at radius 3 is 3.13 bits per heavy atom. The molecule has 6 heteroatoms. The van der Waals surface area contributed by atoms with Crippen LogP contribution in [0.4, 0.5) is 4.39 Å². The highest BCUT2D eigenvalue weighted by Crippen LogP contribution is 2.19. The second-order valence-electron chi connectivity index (χ2n) is 6.00. The van der Waals surface area contributed by atoms with Gasteiger partial charge in [0, 0.05) is 19.3 Å². The third-order valence-corrected chi connectivity index (χ3v) is 4.18. The van der Waals surface area contributed by atoms with Gasteiger partial charge in [-0.05, 0) is 43.1 Å². The van der Waals surface area contributed by atoms with Gasteiger partial charge in [-0.3, -0.25) is 14.8 Å². The molecule has 3 rings (SSSR count). The lowest BCUT2D eigenvalue weighted by atomic mass is 9.96. The first kappa shape index (κ1) is 15.7. The number of aromatic amines is 1. The van der Waals surface area contributed by atoms with E-state index in [4.69, 9.17) is 0 Å². The van der Waals surface area contributed by atoms with Crippen LogP contribution in [-0.2, 0) is 17.9 Å². The van der Waals surface area contributed by atoms with Crippen molar-refractivity contribution < 1.29 is 9.18 Å². The van der Waals surface area contributed by atoms with Gasteiger partial charge >= 0.3 is 0 Å². The summed E-state index contributed by atoms with van der Waals surface area (Å²) in [4.78, 5) is 14.5. The van der Waals surface area contributed by atoms with E-state index < -0.39 is 0 Å². The molecule has 1 atom stereocenters. The number of benzene rings is 1. The molecule has 1 fully saturated rings. The Hall–Kier alpha value is -2.21. The fraction of sp³-hybridized carbons (Fsp3) is 0.412. The first-order valence-corrected chi connectivity index (χ1v) is 7.93. The quantitative estimate of drug-likeness (QED) is 0.888. The van der Waals surface area contributed by atoms with E-state index in [2.05, 4.69) is 20.4 Å². The van der Waals surface area contributed by atoms with Crippen molar-refractivity contribution in [1.29, 1.82) is 0 Å². The van der Waals surface area contributed by atoms with Gasteiger partial charge in [-0.2, -0.15) is 5.10 Å². The SMILES string of the molecule is O=C(NCc1ccn[nH]1)[C@@H]1CCCN(Cc2cccc(F)c2)C1. The predicted octanol–water partition coefficient (Wildman–Crippen LogP) is 2.08. The van der Waals surface area contributed by atoms with Crippen LogP contribution in [-0.4, -0.2) is 34.1 Å². The molecular formula is C17H21FN4O. The summed E-state index contributed by atoms with van der Waals surface area (Å²) in [5.74, 6) is -0.155. The van der Waals surface area contributed by atoms with Gasteiger partial charge in [-0.15, -0.1) is 0 Å². The first-order valence-electron chi connectivity index (χ1n) is 7.93. The maximum absolute atomic E-state index is 13.3. The zero-order chi connectivity index (χ0) is 16.1. The highest BCUT2D eigenvalue weighted by atomic mass is 19.1. The Morgan fingerprint density at radius 1 is 1.43 bits per heavy atom. The fourth-order valence-corrected chi connectivity index (χ4v) is 3.02. The molecule has 1 aromatic carbocycles. The van der Waals surface area contributed by atoms with Gasteiger partial charge in [-0.1, -0.05) is 12.1 Å². The number of amides is 1. The molecule has 0 spiro atoms. The maximum atomic E-state index is 13.3. The number of hydrogen-bond acceptors (Lipinski definition) is 3. The van der Waals surface area contributed by atoms with Gasteiger partial charge in [0.15, 0.2) is 0 Å². The molecule has 2 N–H and O–H groups in total. The Balaban J connectivity index is 1.52. The van der Waals surface area contributed by atoms with Crippen molar-refractivity contribution in [3.63, 3.8) is 0 Å². The topological polar surface area (TPSA) is 61.0 Å². The molecule has 1 aliphatic heterocycles. The van der Waals surface area contributed by atoms with Gasteiger partial charge in [-0.25, -0.2) is 4.39 Å². The molecule has 1 saturated heterocycles. The largest absolute Gasteiger partial charge is 0.350 e. The van der Waals surface area contributed by atoms with E-state index in [-0.39, 0.29) is 17.6 Å². The van der Waals surface area contributed by atoms with E-state index in [1.165, 1.54) is 6.07 Å². The van der Waals surface area contributed by atoms with Crippen LogP contribution >= 0.6 is 0 Å². The number of nitrogens with one attached hydrogen (secondary N) is 2. The molecule has 23 heavy (non-hydrogen) atoms. The third kappa shape index (κ3) is 4.39. The number of hydrogen-bond donors (Lipinski definition) is 2. The Bertz CT molecular complexity index is 644. The standard InChI is InChI=1S/C17H21FN4O/c18-15-5-1-3-13(9-15)11-22-8-2-4-14(12-22)17(23)19-10-16-6-7-20-21-16/h1,3,5-7,9,14H,2,4,8,10-12H2,(H,19,23)(H,20,21)/t14-/m1/s1. The normalized spacial score (nSPS) is 18.7. The number of likely N-dealkylation sites (tertiary alicyclic amines) is 1. The van der Waals surface area contributed by atoms with Crippen LogP contribution in [0.2, 0.25) is 0 Å². The van der Waals surface area contributed by atoms with E-state index in [1.807, 2.05) is 12.1 Å². The Kier molecular flexibility index (Phi) is 5.02. The average Bonchev–Trinajstić information content (AvgIpc) is 3.06. The van der Waals surface area contributed by atoms with Crippen molar-refractivity contribution in [2.24, 2.45) is 5.92 Å². The van der Waals surface area contributed by atoms with E-state index in [9.17, 15) is 9.18 Å². The van der Waals surface area contributed by atoms with Crippen LogP contribution < -0.4 is 5.32 Å². The van der Waals surface area contributed by atoms with Gasteiger partial charge in [0.2, 0.25) is 5.91 Å².